The van der Waals surface area contributed by atoms with Crippen LogP contribution in [0.2, 0.25) is 10.0 Å². The lowest BCUT2D eigenvalue weighted by Crippen LogP contribution is -2.37. The molecule has 2 aliphatic rings. The van der Waals surface area contributed by atoms with E-state index >= 15 is 0 Å². The van der Waals surface area contributed by atoms with E-state index in [4.69, 9.17) is 23.2 Å². The van der Waals surface area contributed by atoms with Gasteiger partial charge in [-0.3, -0.25) is 9.59 Å². The van der Waals surface area contributed by atoms with Gasteiger partial charge in [0.2, 0.25) is 0 Å². The molecular weight excluding hydrogens is 431 g/mol. The van der Waals surface area contributed by atoms with Crippen LogP contribution in [0.4, 0.5) is 11.4 Å². The average molecular weight is 449 g/mol. The summed E-state index contributed by atoms with van der Waals surface area (Å²) in [7, 11) is 0. The highest BCUT2D eigenvalue weighted by molar-refractivity contribution is 6.46. The summed E-state index contributed by atoms with van der Waals surface area (Å²) in [6, 6.07) is 21.8. The molecule has 0 saturated heterocycles. The second-order valence-corrected chi connectivity index (χ2v) is 8.41. The van der Waals surface area contributed by atoms with Crippen LogP contribution in [0.3, 0.4) is 0 Å². The molecule has 0 bridgehead atoms. The van der Waals surface area contributed by atoms with Gasteiger partial charge in [0.25, 0.3) is 11.8 Å². The Morgan fingerprint density at radius 3 is 2.32 bits per heavy atom. The van der Waals surface area contributed by atoms with Crippen LogP contribution in [-0.2, 0) is 16.0 Å². The van der Waals surface area contributed by atoms with E-state index in [1.165, 1.54) is 4.90 Å². The van der Waals surface area contributed by atoms with Gasteiger partial charge >= 0.3 is 0 Å². The van der Waals surface area contributed by atoms with E-state index in [9.17, 15) is 9.59 Å². The number of imide groups is 1. The summed E-state index contributed by atoms with van der Waals surface area (Å²) in [4.78, 5) is 30.5. The molecule has 3 aromatic carbocycles. The van der Waals surface area contributed by atoms with Crippen molar-refractivity contribution in [2.75, 3.05) is 16.3 Å². The monoisotopic (exact) mass is 448 g/mol. The lowest BCUT2D eigenvalue weighted by Gasteiger charge is -2.32. The highest BCUT2D eigenvalue weighted by Gasteiger charge is 2.43. The van der Waals surface area contributed by atoms with E-state index in [-0.39, 0.29) is 11.8 Å². The van der Waals surface area contributed by atoms with Gasteiger partial charge in [-0.25, -0.2) is 4.90 Å². The van der Waals surface area contributed by atoms with Crippen LogP contribution in [0.5, 0.6) is 0 Å². The zero-order valence-electron chi connectivity index (χ0n) is 16.5. The highest BCUT2D eigenvalue weighted by atomic mass is 35.5. The third-order valence-electron chi connectivity index (χ3n) is 5.64. The average Bonchev–Trinajstić information content (AvgIpc) is 3.04. The largest absolute Gasteiger partial charge is 0.336 e. The number of benzene rings is 3. The van der Waals surface area contributed by atoms with Crippen LogP contribution < -0.4 is 9.80 Å². The van der Waals surface area contributed by atoms with Crippen molar-refractivity contribution in [2.45, 2.75) is 12.8 Å². The first-order valence-electron chi connectivity index (χ1n) is 10.0. The minimum atomic E-state index is -0.368. The standard InChI is InChI=1S/C25H18Cl2N2O2/c26-18-12-10-17(11-13-18)22-23(28-14-4-6-16-5-1-2-9-21(16)28)25(31)29(24(22)30)20-8-3-7-19(27)15-20/h1-3,5,7-13,15H,4,6,14H2. The van der Waals surface area contributed by atoms with Gasteiger partial charge in [-0.05, 0) is 60.4 Å². The molecule has 5 rings (SSSR count). The first-order chi connectivity index (χ1) is 15.0. The third kappa shape index (κ3) is 3.42. The quantitative estimate of drug-likeness (QED) is 0.480. The van der Waals surface area contributed by atoms with Crippen LogP contribution in [0.1, 0.15) is 17.5 Å². The zero-order valence-corrected chi connectivity index (χ0v) is 18.0. The summed E-state index contributed by atoms with van der Waals surface area (Å²) in [5.74, 6) is -0.721. The summed E-state index contributed by atoms with van der Waals surface area (Å²) in [5, 5.41) is 1.03. The molecular formula is C25H18Cl2N2O2. The van der Waals surface area contributed by atoms with Crippen LogP contribution in [0.25, 0.3) is 5.57 Å². The molecule has 0 aromatic heterocycles. The number of carbonyl (C=O) groups is 2. The fourth-order valence-electron chi connectivity index (χ4n) is 4.26. The van der Waals surface area contributed by atoms with Crippen molar-refractivity contribution in [3.63, 3.8) is 0 Å². The van der Waals surface area contributed by atoms with Crippen molar-refractivity contribution in [1.29, 1.82) is 0 Å². The second-order valence-electron chi connectivity index (χ2n) is 7.54. The Balaban J connectivity index is 1.70. The van der Waals surface area contributed by atoms with Crippen molar-refractivity contribution in [3.05, 3.63) is 99.7 Å². The van der Waals surface area contributed by atoms with E-state index in [0.717, 1.165) is 24.1 Å². The molecule has 2 amide bonds. The second kappa shape index (κ2) is 7.88. The van der Waals surface area contributed by atoms with E-state index in [0.29, 0.717) is 39.1 Å². The molecule has 2 aliphatic heterocycles. The van der Waals surface area contributed by atoms with Gasteiger partial charge in [0.05, 0.1) is 11.3 Å². The molecule has 2 heterocycles. The molecule has 3 aromatic rings. The number of rotatable bonds is 3. The fourth-order valence-corrected chi connectivity index (χ4v) is 4.57. The van der Waals surface area contributed by atoms with Gasteiger partial charge < -0.3 is 4.90 Å². The van der Waals surface area contributed by atoms with E-state index in [2.05, 4.69) is 6.07 Å². The normalized spacial score (nSPS) is 16.2. The Labute approximate surface area is 190 Å². The summed E-state index contributed by atoms with van der Waals surface area (Å²) in [6.07, 6.45) is 1.84. The van der Waals surface area contributed by atoms with Crippen molar-refractivity contribution >= 4 is 52.0 Å². The molecule has 0 aliphatic carbocycles. The predicted octanol–water partition coefficient (Wildman–Crippen LogP) is 5.73. The topological polar surface area (TPSA) is 40.6 Å². The smallest absolute Gasteiger partial charge is 0.282 e. The summed E-state index contributed by atoms with van der Waals surface area (Å²) < 4.78 is 0. The fraction of sp³-hybridized carbons (Fsp3) is 0.120. The van der Waals surface area contributed by atoms with Gasteiger partial charge in [-0.15, -0.1) is 0 Å². The predicted molar refractivity (Wildman–Crippen MR) is 124 cm³/mol. The lowest BCUT2D eigenvalue weighted by molar-refractivity contribution is -0.120. The minimum absolute atomic E-state index is 0.353. The number of hydrogen-bond acceptors (Lipinski definition) is 3. The maximum absolute atomic E-state index is 13.7. The Morgan fingerprint density at radius 2 is 1.55 bits per heavy atom. The number of para-hydroxylation sites is 1. The number of nitrogens with zero attached hydrogens (tertiary/aromatic N) is 2. The summed E-state index contributed by atoms with van der Waals surface area (Å²) in [5.41, 5.74) is 4.00. The number of hydrogen-bond donors (Lipinski definition) is 0. The van der Waals surface area contributed by atoms with Crippen molar-refractivity contribution in [1.82, 2.24) is 0 Å². The van der Waals surface area contributed by atoms with Crippen LogP contribution in [-0.4, -0.2) is 18.4 Å². The molecule has 0 saturated carbocycles. The van der Waals surface area contributed by atoms with E-state index in [1.807, 2.05) is 23.1 Å². The maximum Gasteiger partial charge on any atom is 0.282 e. The number of amides is 2. The Morgan fingerprint density at radius 1 is 0.774 bits per heavy atom. The molecule has 31 heavy (non-hydrogen) atoms. The molecule has 0 fully saturated rings. The minimum Gasteiger partial charge on any atom is -0.336 e. The summed E-state index contributed by atoms with van der Waals surface area (Å²) >= 11 is 12.2. The Hall–Kier alpha value is -3.08. The number of aryl methyl sites for hydroxylation is 1. The number of halogens is 2. The lowest BCUT2D eigenvalue weighted by atomic mass is 9.98. The SMILES string of the molecule is O=C1C(c2ccc(Cl)cc2)=C(N2CCCc3ccccc32)C(=O)N1c1cccc(Cl)c1. The van der Waals surface area contributed by atoms with Crippen LogP contribution in [0, 0.1) is 0 Å². The first-order valence-corrected chi connectivity index (χ1v) is 10.8. The van der Waals surface area contributed by atoms with Crippen molar-refractivity contribution < 1.29 is 9.59 Å². The Kier molecular flexibility index (Phi) is 5.05. The molecule has 0 radical (unpaired) electrons. The zero-order chi connectivity index (χ0) is 21.5. The maximum atomic E-state index is 13.7. The van der Waals surface area contributed by atoms with Crippen LogP contribution >= 0.6 is 23.2 Å². The molecule has 0 atom stereocenters. The molecule has 154 valence electrons. The molecule has 4 nitrogen and oxygen atoms in total. The molecule has 0 unspecified atom stereocenters. The number of anilines is 2. The number of fused-ring (bicyclic) bond motifs is 1. The first kappa shape index (κ1) is 19.9. The van der Waals surface area contributed by atoms with Gasteiger partial charge in [0.1, 0.15) is 5.70 Å². The molecule has 0 N–H and O–H groups in total. The van der Waals surface area contributed by atoms with Gasteiger partial charge in [0, 0.05) is 22.3 Å². The third-order valence-corrected chi connectivity index (χ3v) is 6.13. The van der Waals surface area contributed by atoms with Gasteiger partial charge in [0.15, 0.2) is 0 Å². The highest BCUT2D eigenvalue weighted by Crippen LogP contribution is 2.40. The van der Waals surface area contributed by atoms with E-state index < -0.39 is 0 Å². The Bertz CT molecular complexity index is 1230. The number of carbonyl (C=O) groups excluding carboxylic acids is 2. The van der Waals surface area contributed by atoms with Crippen LogP contribution in [0.15, 0.2) is 78.5 Å². The van der Waals surface area contributed by atoms with Crippen molar-refractivity contribution in [2.24, 2.45) is 0 Å². The van der Waals surface area contributed by atoms with Crippen molar-refractivity contribution in [3.8, 4) is 0 Å². The molecule has 0 spiro atoms. The summed E-state index contributed by atoms with van der Waals surface area (Å²) in [6.45, 7) is 0.659. The van der Waals surface area contributed by atoms with Gasteiger partial charge in [-0.2, -0.15) is 0 Å². The van der Waals surface area contributed by atoms with E-state index in [1.54, 1.807) is 48.5 Å². The molecule has 6 heteroatoms. The van der Waals surface area contributed by atoms with Gasteiger partial charge in [-0.1, -0.05) is 59.6 Å².